The highest BCUT2D eigenvalue weighted by Crippen LogP contribution is 2.20. The van der Waals surface area contributed by atoms with Gasteiger partial charge in [-0.15, -0.1) is 0 Å². The van der Waals surface area contributed by atoms with Gasteiger partial charge in [-0.05, 0) is 18.1 Å². The van der Waals surface area contributed by atoms with Crippen LogP contribution in [0.25, 0.3) is 0 Å². The van der Waals surface area contributed by atoms with Gasteiger partial charge in [-0.3, -0.25) is 4.57 Å². The van der Waals surface area contributed by atoms with Crippen molar-refractivity contribution >= 4 is 19.6 Å². The van der Waals surface area contributed by atoms with Crippen molar-refractivity contribution in [2.45, 2.75) is 6.42 Å². The van der Waals surface area contributed by atoms with Gasteiger partial charge in [0.25, 0.3) is 0 Å². The van der Waals surface area contributed by atoms with Gasteiger partial charge in [0.1, 0.15) is 0 Å². The molecule has 0 aromatic heterocycles. The molecule has 0 saturated heterocycles. The quantitative estimate of drug-likeness (QED) is 0.768. The van der Waals surface area contributed by atoms with E-state index in [0.717, 1.165) is 5.56 Å². The second-order valence-electron chi connectivity index (χ2n) is 2.49. The zero-order valence-electron chi connectivity index (χ0n) is 6.46. The molecule has 1 atom stereocenters. The Labute approximate surface area is 77.1 Å². The summed E-state index contributed by atoms with van der Waals surface area (Å²) in [5.74, 6) is 0. The van der Waals surface area contributed by atoms with Crippen LogP contribution in [0, 0.1) is 0 Å². The van der Waals surface area contributed by atoms with Crippen LogP contribution in [0.3, 0.4) is 0 Å². The Morgan fingerprint density at radius 3 is 2.67 bits per heavy atom. The predicted octanol–water partition coefficient (Wildman–Crippen LogP) is 2.35. The zero-order chi connectivity index (χ0) is 8.97. The van der Waals surface area contributed by atoms with Crippen molar-refractivity contribution in [2.75, 3.05) is 6.16 Å². The highest BCUT2D eigenvalue weighted by atomic mass is 35.5. The molecule has 1 aromatic carbocycles. The Morgan fingerprint density at radius 1 is 1.42 bits per heavy atom. The summed E-state index contributed by atoms with van der Waals surface area (Å²) in [4.78, 5) is 8.61. The maximum absolute atomic E-state index is 10.4. The van der Waals surface area contributed by atoms with E-state index in [1.165, 1.54) is 0 Å². The lowest BCUT2D eigenvalue weighted by atomic mass is 10.2. The Bertz CT molecular complexity index is 288. The fraction of sp³-hybridized carbons (Fsp3) is 0.250. The van der Waals surface area contributed by atoms with Crippen molar-refractivity contribution in [3.63, 3.8) is 0 Å². The molecule has 0 saturated carbocycles. The van der Waals surface area contributed by atoms with Crippen LogP contribution < -0.4 is 0 Å². The Morgan fingerprint density at radius 2 is 2.08 bits per heavy atom. The third-order valence-electron chi connectivity index (χ3n) is 1.57. The Kier molecular flexibility index (Phi) is 3.80. The molecule has 4 heteroatoms. The summed E-state index contributed by atoms with van der Waals surface area (Å²) in [6, 6.07) is 7.36. The van der Waals surface area contributed by atoms with Crippen molar-refractivity contribution in [3.05, 3.63) is 34.9 Å². The van der Waals surface area contributed by atoms with Crippen molar-refractivity contribution < 1.29 is 9.46 Å². The molecule has 0 aliphatic heterocycles. The van der Waals surface area contributed by atoms with E-state index in [1.807, 2.05) is 18.2 Å². The van der Waals surface area contributed by atoms with E-state index in [9.17, 15) is 4.57 Å². The molecular weight excluding hydrogens is 195 g/mol. The summed E-state index contributed by atoms with van der Waals surface area (Å²) in [5.41, 5.74) is 0.937. The largest absolute Gasteiger partial charge is 0.346 e. The molecule has 0 radical (unpaired) electrons. The lowest BCUT2D eigenvalue weighted by molar-refractivity contribution is 0.502. The van der Waals surface area contributed by atoms with Gasteiger partial charge in [-0.2, -0.15) is 0 Å². The first-order valence-corrected chi connectivity index (χ1v) is 5.59. The average molecular weight is 205 g/mol. The van der Waals surface area contributed by atoms with Crippen LogP contribution in [-0.4, -0.2) is 11.1 Å². The fourth-order valence-electron chi connectivity index (χ4n) is 0.943. The standard InChI is InChI=1S/C8H10ClO2P/c9-8-4-2-1-3-7(8)5-6-12(10)11/h1-4,12H,5-6H2,(H,10,11). The molecular formula is C8H10ClO2P. The smallest absolute Gasteiger partial charge is 0.189 e. The highest BCUT2D eigenvalue weighted by molar-refractivity contribution is 7.37. The van der Waals surface area contributed by atoms with Crippen LogP contribution >= 0.6 is 19.6 Å². The number of halogens is 1. The number of hydrogen-bond acceptors (Lipinski definition) is 1. The molecule has 0 heterocycles. The molecule has 66 valence electrons. The van der Waals surface area contributed by atoms with Crippen LogP contribution in [0.5, 0.6) is 0 Å². The molecule has 2 nitrogen and oxygen atoms in total. The number of benzene rings is 1. The molecule has 1 rings (SSSR count). The topological polar surface area (TPSA) is 37.3 Å². The van der Waals surface area contributed by atoms with Gasteiger partial charge in [-0.1, -0.05) is 29.8 Å². The summed E-state index contributed by atoms with van der Waals surface area (Å²) >= 11 is 5.84. The molecule has 0 bridgehead atoms. The van der Waals surface area contributed by atoms with E-state index >= 15 is 0 Å². The van der Waals surface area contributed by atoms with Crippen molar-refractivity contribution in [3.8, 4) is 0 Å². The molecule has 0 aliphatic rings. The van der Waals surface area contributed by atoms with Gasteiger partial charge in [0.15, 0.2) is 8.03 Å². The van der Waals surface area contributed by atoms with Crippen LogP contribution in [0.15, 0.2) is 24.3 Å². The number of aryl methyl sites for hydroxylation is 1. The lowest BCUT2D eigenvalue weighted by Crippen LogP contribution is -1.88. The minimum Gasteiger partial charge on any atom is -0.346 e. The minimum absolute atomic E-state index is 0.314. The van der Waals surface area contributed by atoms with Gasteiger partial charge in [0.05, 0.1) is 0 Å². The van der Waals surface area contributed by atoms with Gasteiger partial charge >= 0.3 is 0 Å². The average Bonchev–Trinajstić information content (AvgIpc) is 2.03. The molecule has 0 amide bonds. The summed E-state index contributed by atoms with van der Waals surface area (Å²) in [7, 11) is -2.36. The van der Waals surface area contributed by atoms with E-state index in [2.05, 4.69) is 0 Å². The number of hydrogen-bond donors (Lipinski definition) is 1. The maximum Gasteiger partial charge on any atom is 0.189 e. The molecule has 0 spiro atoms. The normalized spacial score (nSPS) is 12.8. The summed E-state index contributed by atoms with van der Waals surface area (Å²) < 4.78 is 10.4. The molecule has 12 heavy (non-hydrogen) atoms. The summed E-state index contributed by atoms with van der Waals surface area (Å²) in [6.45, 7) is 0. The van der Waals surface area contributed by atoms with Crippen molar-refractivity contribution in [1.82, 2.24) is 0 Å². The third kappa shape index (κ3) is 2.98. The van der Waals surface area contributed by atoms with Gasteiger partial charge in [0.2, 0.25) is 0 Å². The molecule has 1 aromatic rings. The van der Waals surface area contributed by atoms with Crippen molar-refractivity contribution in [2.24, 2.45) is 0 Å². The van der Waals surface area contributed by atoms with E-state index < -0.39 is 8.03 Å². The van der Waals surface area contributed by atoms with E-state index in [1.54, 1.807) is 6.07 Å². The molecule has 0 fully saturated rings. The zero-order valence-corrected chi connectivity index (χ0v) is 8.21. The lowest BCUT2D eigenvalue weighted by Gasteiger charge is -2.00. The van der Waals surface area contributed by atoms with Crippen LogP contribution in [-0.2, 0) is 11.0 Å². The SMILES string of the molecule is O=[PH](O)CCc1ccccc1Cl. The van der Waals surface area contributed by atoms with E-state index in [-0.39, 0.29) is 0 Å². The van der Waals surface area contributed by atoms with Crippen LogP contribution in [0.2, 0.25) is 5.02 Å². The Hall–Kier alpha value is -0.300. The molecule has 0 aliphatic carbocycles. The summed E-state index contributed by atoms with van der Waals surface area (Å²) in [6.07, 6.45) is 0.891. The minimum atomic E-state index is -2.36. The van der Waals surface area contributed by atoms with E-state index in [0.29, 0.717) is 17.6 Å². The Balaban J connectivity index is 2.63. The second kappa shape index (κ2) is 4.66. The first-order valence-electron chi connectivity index (χ1n) is 3.65. The van der Waals surface area contributed by atoms with Crippen LogP contribution in [0.4, 0.5) is 0 Å². The van der Waals surface area contributed by atoms with Gasteiger partial charge in [-0.25, -0.2) is 0 Å². The summed E-state index contributed by atoms with van der Waals surface area (Å²) in [5, 5.41) is 0.667. The van der Waals surface area contributed by atoms with Crippen LogP contribution in [0.1, 0.15) is 5.56 Å². The maximum atomic E-state index is 10.4. The fourth-order valence-corrected chi connectivity index (χ4v) is 1.66. The second-order valence-corrected chi connectivity index (χ2v) is 4.18. The van der Waals surface area contributed by atoms with Gasteiger partial charge in [0, 0.05) is 11.2 Å². The molecule has 1 unspecified atom stereocenters. The number of rotatable bonds is 3. The molecule has 1 N–H and O–H groups in total. The predicted molar refractivity (Wildman–Crippen MR) is 51.2 cm³/mol. The van der Waals surface area contributed by atoms with Crippen molar-refractivity contribution in [1.29, 1.82) is 0 Å². The first kappa shape index (κ1) is 9.79. The van der Waals surface area contributed by atoms with Gasteiger partial charge < -0.3 is 4.89 Å². The van der Waals surface area contributed by atoms with E-state index in [4.69, 9.17) is 16.5 Å². The first-order chi connectivity index (χ1) is 5.70. The monoisotopic (exact) mass is 204 g/mol. The highest BCUT2D eigenvalue weighted by Gasteiger charge is 1.99. The third-order valence-corrected chi connectivity index (χ3v) is 2.61.